The van der Waals surface area contributed by atoms with Gasteiger partial charge in [-0.3, -0.25) is 19.2 Å². The number of nitrogens with one attached hydrogen (secondary N) is 3. The Hall–Kier alpha value is -2.03. The molecule has 0 aliphatic carbocycles. The van der Waals surface area contributed by atoms with Gasteiger partial charge in [-0.2, -0.15) is 25.3 Å². The smallest absolute Gasteiger partial charge is 0.327 e. The van der Waals surface area contributed by atoms with Crippen molar-refractivity contribution in [2.75, 3.05) is 18.1 Å². The molecule has 0 aliphatic heterocycles. The van der Waals surface area contributed by atoms with Gasteiger partial charge in [0, 0.05) is 17.9 Å². The second kappa shape index (κ2) is 13.2. The molecule has 4 unspecified atom stereocenters. The van der Waals surface area contributed by atoms with Gasteiger partial charge in [0.05, 0.1) is 12.6 Å². The number of aliphatic carboxylic acids is 1. The number of amides is 4. The van der Waals surface area contributed by atoms with E-state index in [0.29, 0.717) is 0 Å². The van der Waals surface area contributed by atoms with E-state index in [9.17, 15) is 29.1 Å². The minimum atomic E-state index is -1.46. The van der Waals surface area contributed by atoms with Gasteiger partial charge in [0.1, 0.15) is 18.1 Å². The van der Waals surface area contributed by atoms with E-state index < -0.39 is 60.4 Å². The minimum Gasteiger partial charge on any atom is -0.480 e. The Balaban J connectivity index is 4.86. The van der Waals surface area contributed by atoms with E-state index in [1.54, 1.807) is 0 Å². The van der Waals surface area contributed by atoms with Gasteiger partial charge in [-0.05, 0) is 6.42 Å². The molecule has 14 heteroatoms. The molecule has 4 amide bonds. The minimum absolute atomic E-state index is 0.0238. The number of rotatable bonds is 13. The normalized spacial score (nSPS) is 14.9. The number of carboxylic acids is 1. The number of hydrogen-bond acceptors (Lipinski definition) is 9. The average molecular weight is 440 g/mol. The molecule has 0 saturated carbocycles. The van der Waals surface area contributed by atoms with Crippen LogP contribution < -0.4 is 27.4 Å². The van der Waals surface area contributed by atoms with Crippen LogP contribution >= 0.6 is 25.3 Å². The Bertz CT molecular complexity index is 592. The van der Waals surface area contributed by atoms with Gasteiger partial charge in [0.15, 0.2) is 0 Å². The molecule has 0 aromatic rings. The fourth-order valence-corrected chi connectivity index (χ4v) is 2.33. The van der Waals surface area contributed by atoms with Gasteiger partial charge in [-0.15, -0.1) is 0 Å². The van der Waals surface area contributed by atoms with E-state index >= 15 is 0 Å². The Labute approximate surface area is 172 Å². The van der Waals surface area contributed by atoms with Crippen LogP contribution in [0.25, 0.3) is 0 Å². The summed E-state index contributed by atoms with van der Waals surface area (Å²) >= 11 is 7.73. The van der Waals surface area contributed by atoms with E-state index in [4.69, 9.17) is 16.6 Å². The first-order valence-electron chi connectivity index (χ1n) is 8.07. The molecule has 0 aliphatic rings. The van der Waals surface area contributed by atoms with Crippen molar-refractivity contribution < 1.29 is 34.2 Å². The molecule has 0 radical (unpaired) electrons. The Kier molecular flexibility index (Phi) is 12.2. The zero-order valence-corrected chi connectivity index (χ0v) is 16.6. The van der Waals surface area contributed by atoms with Crippen molar-refractivity contribution in [3.05, 3.63) is 0 Å². The van der Waals surface area contributed by atoms with E-state index in [-0.39, 0.29) is 24.3 Å². The largest absolute Gasteiger partial charge is 0.480 e. The molecule has 0 bridgehead atoms. The van der Waals surface area contributed by atoms with Gasteiger partial charge >= 0.3 is 5.97 Å². The zero-order valence-electron chi connectivity index (χ0n) is 14.8. The number of thiol groups is 2. The third-order valence-electron chi connectivity index (χ3n) is 3.47. The average Bonchev–Trinajstić information content (AvgIpc) is 2.65. The maximum absolute atomic E-state index is 12.2. The van der Waals surface area contributed by atoms with Gasteiger partial charge in [0.2, 0.25) is 23.6 Å². The Morgan fingerprint density at radius 3 is 1.75 bits per heavy atom. The van der Waals surface area contributed by atoms with Crippen LogP contribution in [0.1, 0.15) is 12.8 Å². The molecule has 0 heterocycles. The van der Waals surface area contributed by atoms with Gasteiger partial charge in [-0.1, -0.05) is 0 Å². The molecule has 12 nitrogen and oxygen atoms in total. The van der Waals surface area contributed by atoms with Crippen LogP contribution in [0.3, 0.4) is 0 Å². The standard InChI is InChI=1S/C14H25N5O7S2/c15-6(1-2-10(16)21)11(22)18-8(4-27)13(24)17-7(3-20)12(23)19-9(5-28)14(25)26/h6-9,20,27-28H,1-5,15H2,(H2,16,21)(H,17,24)(H,18,22)(H,19,23)(H,25,26). The van der Waals surface area contributed by atoms with Crippen molar-refractivity contribution in [3.8, 4) is 0 Å². The summed E-state index contributed by atoms with van der Waals surface area (Å²) in [5.74, 6) is -4.86. The SMILES string of the molecule is NC(=O)CCC(N)C(=O)NC(CS)C(=O)NC(CO)C(=O)NC(CS)C(=O)O. The lowest BCUT2D eigenvalue weighted by Crippen LogP contribution is -2.58. The predicted molar refractivity (Wildman–Crippen MR) is 105 cm³/mol. The highest BCUT2D eigenvalue weighted by Crippen LogP contribution is 1.98. The van der Waals surface area contributed by atoms with Crippen molar-refractivity contribution in [3.63, 3.8) is 0 Å². The van der Waals surface area contributed by atoms with Crippen LogP contribution in [0.4, 0.5) is 0 Å². The van der Waals surface area contributed by atoms with Gasteiger partial charge in [-0.25, -0.2) is 4.79 Å². The van der Waals surface area contributed by atoms with Crippen LogP contribution in [0.2, 0.25) is 0 Å². The highest BCUT2D eigenvalue weighted by Gasteiger charge is 2.29. The highest BCUT2D eigenvalue weighted by atomic mass is 32.1. The molecule has 28 heavy (non-hydrogen) atoms. The first-order chi connectivity index (χ1) is 13.1. The maximum Gasteiger partial charge on any atom is 0.327 e. The molecule has 0 aromatic carbocycles. The lowest BCUT2D eigenvalue weighted by molar-refractivity contribution is -0.141. The summed E-state index contributed by atoms with van der Waals surface area (Å²) in [5, 5.41) is 24.8. The fraction of sp³-hybridized carbons (Fsp3) is 0.643. The Morgan fingerprint density at radius 1 is 0.857 bits per heavy atom. The molecule has 0 spiro atoms. The predicted octanol–water partition coefficient (Wildman–Crippen LogP) is -4.03. The number of carbonyl (C=O) groups is 5. The summed E-state index contributed by atoms with van der Waals surface area (Å²) in [6, 6.07) is -5.06. The van der Waals surface area contributed by atoms with Crippen LogP contribution in [0.5, 0.6) is 0 Å². The number of aliphatic hydroxyl groups is 1. The van der Waals surface area contributed by atoms with Crippen molar-refractivity contribution >= 4 is 54.9 Å². The van der Waals surface area contributed by atoms with Gasteiger partial charge in [0.25, 0.3) is 0 Å². The second-order valence-corrected chi connectivity index (χ2v) is 6.41. The molecular formula is C14H25N5O7S2. The summed E-state index contributed by atoms with van der Waals surface area (Å²) in [7, 11) is 0. The number of nitrogens with two attached hydrogens (primary N) is 2. The number of hydrogen-bond donors (Lipinski definition) is 9. The number of carboxylic acid groups (broad SMARTS) is 1. The van der Waals surface area contributed by atoms with Crippen molar-refractivity contribution in [1.29, 1.82) is 0 Å². The second-order valence-electron chi connectivity index (χ2n) is 5.68. The zero-order chi connectivity index (χ0) is 21.9. The summed E-state index contributed by atoms with van der Waals surface area (Å²) in [4.78, 5) is 57.9. The van der Waals surface area contributed by atoms with E-state index in [2.05, 4.69) is 41.2 Å². The molecule has 160 valence electrons. The van der Waals surface area contributed by atoms with Gasteiger partial charge < -0.3 is 37.6 Å². The molecule has 4 atom stereocenters. The maximum atomic E-state index is 12.2. The number of primary amides is 1. The van der Waals surface area contributed by atoms with E-state index in [1.165, 1.54) is 0 Å². The van der Waals surface area contributed by atoms with Crippen LogP contribution in [0, 0.1) is 0 Å². The number of aliphatic hydroxyl groups excluding tert-OH is 1. The lowest BCUT2D eigenvalue weighted by Gasteiger charge is -2.23. The molecular weight excluding hydrogens is 414 g/mol. The molecule has 0 saturated heterocycles. The first kappa shape index (κ1) is 26.0. The summed E-state index contributed by atoms with van der Waals surface area (Å²) in [5.41, 5.74) is 10.6. The quantitative estimate of drug-likeness (QED) is 0.128. The summed E-state index contributed by atoms with van der Waals surface area (Å²) < 4.78 is 0. The van der Waals surface area contributed by atoms with E-state index in [1.807, 2.05) is 0 Å². The summed E-state index contributed by atoms with van der Waals surface area (Å²) in [6.07, 6.45) is -0.140. The molecule has 0 fully saturated rings. The fourth-order valence-electron chi connectivity index (χ4n) is 1.83. The van der Waals surface area contributed by atoms with Crippen LogP contribution in [-0.4, -0.2) is 82.1 Å². The monoisotopic (exact) mass is 439 g/mol. The molecule has 9 N–H and O–H groups in total. The molecule has 0 rings (SSSR count). The highest BCUT2D eigenvalue weighted by molar-refractivity contribution is 7.80. The Morgan fingerprint density at radius 2 is 1.32 bits per heavy atom. The first-order valence-corrected chi connectivity index (χ1v) is 9.34. The molecule has 0 aromatic heterocycles. The van der Waals surface area contributed by atoms with Crippen molar-refractivity contribution in [1.82, 2.24) is 16.0 Å². The van der Waals surface area contributed by atoms with Crippen LogP contribution in [-0.2, 0) is 24.0 Å². The topological polar surface area (TPSA) is 214 Å². The third kappa shape index (κ3) is 9.25. The van der Waals surface area contributed by atoms with Crippen molar-refractivity contribution in [2.24, 2.45) is 11.5 Å². The third-order valence-corrected chi connectivity index (χ3v) is 4.20. The number of carbonyl (C=O) groups excluding carboxylic acids is 4. The lowest BCUT2D eigenvalue weighted by atomic mass is 10.1. The van der Waals surface area contributed by atoms with Crippen molar-refractivity contribution in [2.45, 2.75) is 37.0 Å². The summed E-state index contributed by atoms with van der Waals surface area (Å²) in [6.45, 7) is -0.818. The van der Waals surface area contributed by atoms with E-state index in [0.717, 1.165) is 0 Å². The van der Waals surface area contributed by atoms with Crippen LogP contribution in [0.15, 0.2) is 0 Å².